The van der Waals surface area contributed by atoms with Gasteiger partial charge in [0.2, 0.25) is 0 Å². The van der Waals surface area contributed by atoms with Crippen LogP contribution in [0.1, 0.15) is 79.4 Å². The Kier molecular flexibility index (Phi) is 11.9. The van der Waals surface area contributed by atoms with E-state index in [1.807, 2.05) is 52.0 Å². The summed E-state index contributed by atoms with van der Waals surface area (Å²) in [5.41, 5.74) is 1.16. The van der Waals surface area contributed by atoms with Crippen LogP contribution < -0.4 is 0 Å². The van der Waals surface area contributed by atoms with E-state index >= 15 is 0 Å². The minimum Gasteiger partial charge on any atom is -0.481 e. The maximum atomic E-state index is 11.2. The van der Waals surface area contributed by atoms with Gasteiger partial charge >= 0.3 is 5.97 Å². The van der Waals surface area contributed by atoms with Gasteiger partial charge in [0, 0.05) is 6.26 Å². The Bertz CT molecular complexity index is 924. The first-order valence-corrected chi connectivity index (χ1v) is 13.9. The molecule has 1 atom stereocenters. The van der Waals surface area contributed by atoms with E-state index in [4.69, 9.17) is 0 Å². The Labute approximate surface area is 195 Å². The molecule has 0 spiro atoms. The highest BCUT2D eigenvalue weighted by molar-refractivity contribution is 7.92. The summed E-state index contributed by atoms with van der Waals surface area (Å²) in [4.78, 5) is 11.2. The third-order valence-corrected chi connectivity index (χ3v) is 7.06. The third kappa shape index (κ3) is 15.4. The number of carboxylic acids is 1. The van der Waals surface area contributed by atoms with Crippen molar-refractivity contribution in [2.45, 2.75) is 85.5 Å². The monoisotopic (exact) mass is 494 g/mol. The molecule has 7 nitrogen and oxygen atoms in total. The molecule has 0 amide bonds. The van der Waals surface area contributed by atoms with Crippen LogP contribution in [0.15, 0.2) is 24.3 Å². The number of sulfone groups is 1. The molecule has 1 aromatic rings. The minimum atomic E-state index is -3.28. The minimum absolute atomic E-state index is 0.263. The van der Waals surface area contributed by atoms with Crippen LogP contribution in [0.5, 0.6) is 0 Å². The van der Waals surface area contributed by atoms with Crippen molar-refractivity contribution < 1.29 is 30.9 Å². The lowest BCUT2D eigenvalue weighted by molar-refractivity contribution is -0.141. The molecule has 188 valence electrons. The standard InChI is InChI=1S/C13H18O2.C5H12O3S.C5H12O2S/c1-9-5-7-10(8-6-9)11(12(14)15)13(2,3)4;1-5(2,3)8-9(4,6)7;1-5(2,3)8(4,6)7/h5-8,11H,1-4H3,(H,14,15);1-4H3;1-4H3. The lowest BCUT2D eigenvalue weighted by Crippen LogP contribution is -2.26. The summed E-state index contributed by atoms with van der Waals surface area (Å²) in [5, 5.41) is 9.23. The second-order valence-electron chi connectivity index (χ2n) is 10.8. The van der Waals surface area contributed by atoms with Gasteiger partial charge in [0.25, 0.3) is 10.1 Å². The summed E-state index contributed by atoms with van der Waals surface area (Å²) < 4.78 is 46.2. The van der Waals surface area contributed by atoms with Gasteiger partial charge in [0.1, 0.15) is 0 Å². The molecule has 1 unspecified atom stereocenters. The van der Waals surface area contributed by atoms with Crippen LogP contribution in [-0.2, 0) is 28.9 Å². The number of benzene rings is 1. The highest BCUT2D eigenvalue weighted by atomic mass is 32.2. The van der Waals surface area contributed by atoms with E-state index in [1.165, 1.54) is 6.26 Å². The number of hydrogen-bond acceptors (Lipinski definition) is 6. The van der Waals surface area contributed by atoms with E-state index in [2.05, 4.69) is 4.18 Å². The second kappa shape index (κ2) is 11.6. The Morgan fingerprint density at radius 1 is 0.844 bits per heavy atom. The fraction of sp³-hybridized carbons (Fsp3) is 0.696. The van der Waals surface area contributed by atoms with Crippen molar-refractivity contribution in [3.63, 3.8) is 0 Å². The first-order valence-electron chi connectivity index (χ1n) is 10.2. The van der Waals surface area contributed by atoms with Crippen LogP contribution in [0.4, 0.5) is 0 Å². The smallest absolute Gasteiger partial charge is 0.311 e. The van der Waals surface area contributed by atoms with Gasteiger partial charge in [0.15, 0.2) is 9.84 Å². The quantitative estimate of drug-likeness (QED) is 0.600. The molecule has 0 aliphatic carbocycles. The van der Waals surface area contributed by atoms with E-state index in [0.717, 1.165) is 17.4 Å². The van der Waals surface area contributed by atoms with E-state index in [0.29, 0.717) is 0 Å². The van der Waals surface area contributed by atoms with Crippen molar-refractivity contribution in [2.24, 2.45) is 5.41 Å². The van der Waals surface area contributed by atoms with Crippen molar-refractivity contribution in [1.82, 2.24) is 0 Å². The molecule has 9 heteroatoms. The zero-order valence-electron chi connectivity index (χ0n) is 21.6. The van der Waals surface area contributed by atoms with Crippen molar-refractivity contribution in [3.8, 4) is 0 Å². The maximum absolute atomic E-state index is 11.2. The zero-order chi connectivity index (χ0) is 26.3. The van der Waals surface area contributed by atoms with E-state index in [1.54, 1.807) is 41.5 Å². The second-order valence-corrected chi connectivity index (χ2v) is 15.2. The average Bonchev–Trinajstić information content (AvgIpc) is 2.43. The lowest BCUT2D eigenvalue weighted by atomic mass is 9.76. The molecule has 1 aromatic carbocycles. The van der Waals surface area contributed by atoms with Crippen LogP contribution in [0.3, 0.4) is 0 Å². The lowest BCUT2D eigenvalue weighted by Gasteiger charge is -2.27. The SMILES string of the molecule is CC(C)(C)OS(C)(=O)=O.CC(C)(C)S(C)(=O)=O.Cc1ccc(C(C(=O)O)C(C)(C)C)cc1. The van der Waals surface area contributed by atoms with Crippen LogP contribution in [0.25, 0.3) is 0 Å². The average molecular weight is 495 g/mol. The number of aliphatic carboxylic acids is 1. The summed E-state index contributed by atoms with van der Waals surface area (Å²) in [6.07, 6.45) is 2.28. The van der Waals surface area contributed by atoms with Gasteiger partial charge in [-0.15, -0.1) is 0 Å². The first-order chi connectivity index (χ1) is 13.8. The van der Waals surface area contributed by atoms with Crippen LogP contribution >= 0.6 is 0 Å². The molecule has 0 heterocycles. The number of aryl methyl sites for hydroxylation is 1. The highest BCUT2D eigenvalue weighted by Crippen LogP contribution is 2.35. The van der Waals surface area contributed by atoms with Gasteiger partial charge in [-0.2, -0.15) is 8.42 Å². The van der Waals surface area contributed by atoms with Crippen molar-refractivity contribution >= 4 is 25.9 Å². The van der Waals surface area contributed by atoms with Crippen molar-refractivity contribution in [1.29, 1.82) is 0 Å². The molecular formula is C23H42O7S2. The fourth-order valence-corrected chi connectivity index (χ4v) is 3.13. The van der Waals surface area contributed by atoms with Crippen LogP contribution in [0, 0.1) is 12.3 Å². The molecule has 0 bridgehead atoms. The number of rotatable bonds is 3. The van der Waals surface area contributed by atoms with Gasteiger partial charge in [-0.05, 0) is 59.4 Å². The summed E-state index contributed by atoms with van der Waals surface area (Å²) in [7, 11) is -6.12. The van der Waals surface area contributed by atoms with E-state index in [9.17, 15) is 26.7 Å². The predicted molar refractivity (Wildman–Crippen MR) is 131 cm³/mol. The molecule has 0 aliphatic heterocycles. The molecule has 1 rings (SSSR count). The number of carboxylic acid groups (broad SMARTS) is 1. The number of carbonyl (C=O) groups is 1. The molecule has 0 saturated carbocycles. The molecule has 0 fully saturated rings. The summed E-state index contributed by atoms with van der Waals surface area (Å²) >= 11 is 0. The highest BCUT2D eigenvalue weighted by Gasteiger charge is 2.32. The van der Waals surface area contributed by atoms with Crippen LogP contribution in [-0.4, -0.2) is 50.8 Å². The zero-order valence-corrected chi connectivity index (χ0v) is 23.2. The number of hydrogen-bond donors (Lipinski definition) is 1. The van der Waals surface area contributed by atoms with Crippen molar-refractivity contribution in [3.05, 3.63) is 35.4 Å². The molecular weight excluding hydrogens is 452 g/mol. The topological polar surface area (TPSA) is 115 Å². The fourth-order valence-electron chi connectivity index (χ4n) is 2.23. The van der Waals surface area contributed by atoms with Gasteiger partial charge in [-0.1, -0.05) is 50.6 Å². The molecule has 1 N–H and O–H groups in total. The molecule has 0 aliphatic rings. The largest absolute Gasteiger partial charge is 0.481 e. The first kappa shape index (κ1) is 32.7. The summed E-state index contributed by atoms with van der Waals surface area (Å²) in [6, 6.07) is 7.72. The maximum Gasteiger partial charge on any atom is 0.311 e. The Balaban J connectivity index is 0. The molecule has 32 heavy (non-hydrogen) atoms. The van der Waals surface area contributed by atoms with E-state index in [-0.39, 0.29) is 5.41 Å². The normalized spacial score (nSPS) is 13.8. The third-order valence-electron chi connectivity index (χ3n) is 4.04. The molecule has 0 radical (unpaired) electrons. The molecule has 0 saturated heterocycles. The Morgan fingerprint density at radius 2 is 1.19 bits per heavy atom. The summed E-state index contributed by atoms with van der Waals surface area (Å²) in [6.45, 7) is 18.0. The predicted octanol–water partition coefficient (Wildman–Crippen LogP) is 4.80. The van der Waals surface area contributed by atoms with Crippen molar-refractivity contribution in [2.75, 3.05) is 12.5 Å². The Morgan fingerprint density at radius 3 is 1.34 bits per heavy atom. The molecule has 0 aromatic heterocycles. The van der Waals surface area contributed by atoms with Crippen LogP contribution in [0.2, 0.25) is 0 Å². The van der Waals surface area contributed by atoms with E-state index < -0.39 is 42.2 Å². The van der Waals surface area contributed by atoms with Gasteiger partial charge in [-0.3, -0.25) is 8.98 Å². The summed E-state index contributed by atoms with van der Waals surface area (Å²) in [5.74, 6) is -1.20. The van der Waals surface area contributed by atoms with Gasteiger partial charge < -0.3 is 5.11 Å². The Hall–Kier alpha value is -1.45. The van der Waals surface area contributed by atoms with Gasteiger partial charge in [0.05, 0.1) is 22.5 Å². The van der Waals surface area contributed by atoms with Gasteiger partial charge in [-0.25, -0.2) is 8.42 Å².